The first kappa shape index (κ1) is 16.6. The van der Waals surface area contributed by atoms with Crippen LogP contribution in [0.3, 0.4) is 0 Å². The fourth-order valence-electron chi connectivity index (χ4n) is 2.31. The van der Waals surface area contributed by atoms with Crippen molar-refractivity contribution in [2.75, 3.05) is 12.4 Å². The molecule has 3 aromatic rings. The lowest BCUT2D eigenvalue weighted by Gasteiger charge is -2.05. The largest absolute Gasteiger partial charge is 0.497 e. The van der Waals surface area contributed by atoms with Gasteiger partial charge in [-0.3, -0.25) is 10.1 Å². The Kier molecular flexibility index (Phi) is 4.73. The second kappa shape index (κ2) is 7.11. The molecule has 0 aliphatic heterocycles. The maximum absolute atomic E-state index is 12.4. The van der Waals surface area contributed by atoms with E-state index in [1.165, 1.54) is 0 Å². The van der Waals surface area contributed by atoms with E-state index in [1.54, 1.807) is 32.2 Å². The molecule has 0 saturated carbocycles. The van der Waals surface area contributed by atoms with E-state index in [1.807, 2.05) is 24.3 Å². The molecule has 124 valence electrons. The number of carbonyl (C=O) groups excluding carboxylic acids is 1. The molecule has 2 aromatic carbocycles. The summed E-state index contributed by atoms with van der Waals surface area (Å²) < 4.78 is 9.47. The SMILES string of the molecule is COc1cccc(-c2nsc(NC(=O)c3ccc(C#N)cc3C)n2)c1. The maximum Gasteiger partial charge on any atom is 0.257 e. The lowest BCUT2D eigenvalue weighted by Crippen LogP contribution is -2.13. The van der Waals surface area contributed by atoms with Crippen molar-refractivity contribution in [1.29, 1.82) is 5.26 Å². The molecule has 6 nitrogen and oxygen atoms in total. The summed E-state index contributed by atoms with van der Waals surface area (Å²) in [7, 11) is 1.60. The molecule has 0 bridgehead atoms. The van der Waals surface area contributed by atoms with Crippen LogP contribution in [0.5, 0.6) is 5.75 Å². The predicted octanol–water partition coefficient (Wildman–Crippen LogP) is 3.65. The molecule has 7 heteroatoms. The van der Waals surface area contributed by atoms with Crippen LogP contribution in [0.15, 0.2) is 42.5 Å². The summed E-state index contributed by atoms with van der Waals surface area (Å²) in [5, 5.41) is 12.1. The monoisotopic (exact) mass is 350 g/mol. The van der Waals surface area contributed by atoms with Crippen LogP contribution < -0.4 is 10.1 Å². The molecular formula is C18H14N4O2S. The number of methoxy groups -OCH3 is 1. The van der Waals surface area contributed by atoms with Gasteiger partial charge in [-0.25, -0.2) is 0 Å². The minimum Gasteiger partial charge on any atom is -0.497 e. The minimum atomic E-state index is -0.282. The molecule has 0 aliphatic carbocycles. The van der Waals surface area contributed by atoms with E-state index in [0.29, 0.717) is 27.8 Å². The van der Waals surface area contributed by atoms with Gasteiger partial charge >= 0.3 is 0 Å². The van der Waals surface area contributed by atoms with Crippen LogP contribution in [0.2, 0.25) is 0 Å². The standard InChI is InChI=1S/C18H14N4O2S/c1-11-8-12(10-19)6-7-15(11)17(23)21-18-20-16(22-25-18)13-4-3-5-14(9-13)24-2/h3-9H,1-2H3,(H,20,21,22,23). The summed E-state index contributed by atoms with van der Waals surface area (Å²) in [5.74, 6) is 0.956. The van der Waals surface area contributed by atoms with Crippen molar-refractivity contribution in [3.8, 4) is 23.2 Å². The van der Waals surface area contributed by atoms with Gasteiger partial charge in [-0.15, -0.1) is 0 Å². The number of aryl methyl sites for hydroxylation is 1. The number of benzene rings is 2. The van der Waals surface area contributed by atoms with Crippen molar-refractivity contribution in [1.82, 2.24) is 9.36 Å². The van der Waals surface area contributed by atoms with Gasteiger partial charge in [0.15, 0.2) is 5.82 Å². The summed E-state index contributed by atoms with van der Waals surface area (Å²) in [6, 6.07) is 14.4. The normalized spacial score (nSPS) is 10.1. The molecule has 3 rings (SSSR count). The Bertz CT molecular complexity index is 975. The van der Waals surface area contributed by atoms with Crippen LogP contribution in [0.1, 0.15) is 21.5 Å². The molecule has 1 N–H and O–H groups in total. The predicted molar refractivity (Wildman–Crippen MR) is 95.7 cm³/mol. The van der Waals surface area contributed by atoms with Gasteiger partial charge in [0.05, 0.1) is 18.7 Å². The van der Waals surface area contributed by atoms with E-state index in [4.69, 9.17) is 10.00 Å². The summed E-state index contributed by atoms with van der Waals surface area (Å²) in [6.07, 6.45) is 0. The third kappa shape index (κ3) is 3.65. The Morgan fingerprint density at radius 2 is 2.12 bits per heavy atom. The molecule has 0 saturated heterocycles. The lowest BCUT2D eigenvalue weighted by molar-refractivity contribution is 0.102. The Balaban J connectivity index is 1.79. The van der Waals surface area contributed by atoms with Crippen LogP contribution in [0, 0.1) is 18.3 Å². The third-order valence-electron chi connectivity index (χ3n) is 3.57. The van der Waals surface area contributed by atoms with Gasteiger partial charge in [-0.1, -0.05) is 12.1 Å². The van der Waals surface area contributed by atoms with Crippen molar-refractivity contribution in [2.45, 2.75) is 6.92 Å². The summed E-state index contributed by atoms with van der Waals surface area (Å²) in [5.41, 5.74) is 2.56. The first-order valence-electron chi connectivity index (χ1n) is 7.41. The van der Waals surface area contributed by atoms with Crippen molar-refractivity contribution >= 4 is 22.6 Å². The number of nitriles is 1. The number of hydrogen-bond acceptors (Lipinski definition) is 6. The topological polar surface area (TPSA) is 87.9 Å². The van der Waals surface area contributed by atoms with E-state index in [0.717, 1.165) is 22.7 Å². The van der Waals surface area contributed by atoms with Crippen molar-refractivity contribution < 1.29 is 9.53 Å². The van der Waals surface area contributed by atoms with E-state index in [-0.39, 0.29) is 5.91 Å². The quantitative estimate of drug-likeness (QED) is 0.776. The van der Waals surface area contributed by atoms with Crippen LogP contribution in [-0.4, -0.2) is 22.4 Å². The van der Waals surface area contributed by atoms with Gasteiger partial charge in [0, 0.05) is 22.7 Å². The zero-order chi connectivity index (χ0) is 17.8. The molecule has 0 radical (unpaired) electrons. The molecule has 25 heavy (non-hydrogen) atoms. The number of rotatable bonds is 4. The number of aromatic nitrogens is 2. The summed E-state index contributed by atoms with van der Waals surface area (Å²) in [6.45, 7) is 1.79. The molecule has 0 aliphatic rings. The number of nitrogens with one attached hydrogen (secondary N) is 1. The number of nitrogens with zero attached hydrogens (tertiary/aromatic N) is 3. The Labute approximate surface area is 148 Å². The highest BCUT2D eigenvalue weighted by Crippen LogP contribution is 2.25. The molecule has 0 atom stereocenters. The van der Waals surface area contributed by atoms with Gasteiger partial charge in [0.2, 0.25) is 5.13 Å². The molecule has 1 heterocycles. The molecular weight excluding hydrogens is 336 g/mol. The fraction of sp³-hybridized carbons (Fsp3) is 0.111. The van der Waals surface area contributed by atoms with E-state index in [2.05, 4.69) is 20.7 Å². The molecule has 1 amide bonds. The summed E-state index contributed by atoms with van der Waals surface area (Å²) in [4.78, 5) is 16.8. The average Bonchev–Trinajstić information content (AvgIpc) is 3.10. The second-order valence-electron chi connectivity index (χ2n) is 5.25. The van der Waals surface area contributed by atoms with E-state index >= 15 is 0 Å². The first-order valence-corrected chi connectivity index (χ1v) is 8.18. The Morgan fingerprint density at radius 3 is 2.84 bits per heavy atom. The highest BCUT2D eigenvalue weighted by atomic mass is 32.1. The molecule has 0 spiro atoms. The number of hydrogen-bond donors (Lipinski definition) is 1. The number of anilines is 1. The van der Waals surface area contributed by atoms with E-state index in [9.17, 15) is 4.79 Å². The average molecular weight is 350 g/mol. The molecule has 1 aromatic heterocycles. The van der Waals surface area contributed by atoms with Gasteiger partial charge in [0.25, 0.3) is 5.91 Å². The van der Waals surface area contributed by atoms with Crippen LogP contribution in [-0.2, 0) is 0 Å². The number of amides is 1. The third-order valence-corrected chi connectivity index (χ3v) is 4.21. The van der Waals surface area contributed by atoms with Gasteiger partial charge < -0.3 is 4.74 Å². The van der Waals surface area contributed by atoms with Gasteiger partial charge in [-0.05, 0) is 42.8 Å². The number of ether oxygens (including phenoxy) is 1. The van der Waals surface area contributed by atoms with Crippen LogP contribution in [0.25, 0.3) is 11.4 Å². The highest BCUT2D eigenvalue weighted by Gasteiger charge is 2.13. The zero-order valence-electron chi connectivity index (χ0n) is 13.6. The summed E-state index contributed by atoms with van der Waals surface area (Å²) >= 11 is 1.11. The van der Waals surface area contributed by atoms with Crippen LogP contribution in [0.4, 0.5) is 5.13 Å². The minimum absolute atomic E-state index is 0.282. The fourth-order valence-corrected chi connectivity index (χ4v) is 2.89. The Morgan fingerprint density at radius 1 is 1.28 bits per heavy atom. The van der Waals surface area contributed by atoms with Crippen LogP contribution >= 0.6 is 11.5 Å². The Hall–Kier alpha value is -3.24. The van der Waals surface area contributed by atoms with Crippen molar-refractivity contribution in [3.63, 3.8) is 0 Å². The zero-order valence-corrected chi connectivity index (χ0v) is 14.4. The number of carbonyl (C=O) groups is 1. The van der Waals surface area contributed by atoms with E-state index < -0.39 is 0 Å². The van der Waals surface area contributed by atoms with Gasteiger partial charge in [-0.2, -0.15) is 14.6 Å². The smallest absolute Gasteiger partial charge is 0.257 e. The molecule has 0 fully saturated rings. The molecule has 0 unspecified atom stereocenters. The lowest BCUT2D eigenvalue weighted by atomic mass is 10.1. The van der Waals surface area contributed by atoms with Crippen molar-refractivity contribution in [3.05, 3.63) is 59.2 Å². The maximum atomic E-state index is 12.4. The van der Waals surface area contributed by atoms with Crippen molar-refractivity contribution in [2.24, 2.45) is 0 Å². The first-order chi connectivity index (χ1) is 12.1. The highest BCUT2D eigenvalue weighted by molar-refractivity contribution is 7.10. The van der Waals surface area contributed by atoms with Gasteiger partial charge in [0.1, 0.15) is 5.75 Å². The second-order valence-corrected chi connectivity index (χ2v) is 6.00.